The van der Waals surface area contributed by atoms with E-state index in [0.29, 0.717) is 25.1 Å². The maximum Gasteiger partial charge on any atom is 0.352 e. The van der Waals surface area contributed by atoms with Crippen LogP contribution in [0, 0.1) is 5.41 Å². The van der Waals surface area contributed by atoms with Crippen molar-refractivity contribution in [2.24, 2.45) is 5.41 Å². The van der Waals surface area contributed by atoms with E-state index in [9.17, 15) is 27.9 Å². The molecule has 0 saturated heterocycles. The van der Waals surface area contributed by atoms with Crippen LogP contribution < -0.4 is 10.0 Å². The fourth-order valence-electron chi connectivity index (χ4n) is 3.79. The maximum absolute atomic E-state index is 12.8. The zero-order valence-electron chi connectivity index (χ0n) is 21.0. The lowest BCUT2D eigenvalue weighted by Crippen LogP contribution is -2.41. The number of allylic oxidation sites excluding steroid dienone is 2. The molecule has 3 N–H and O–H groups in total. The van der Waals surface area contributed by atoms with Gasteiger partial charge in [0.05, 0.1) is 4.90 Å². The number of amides is 2. The van der Waals surface area contributed by atoms with Crippen molar-refractivity contribution >= 4 is 27.8 Å². The molecule has 1 aliphatic rings. The van der Waals surface area contributed by atoms with Crippen LogP contribution in [0.5, 0.6) is 0 Å². The molecule has 0 aromatic heterocycles. The molecular formula is C27H31N3O6S. The van der Waals surface area contributed by atoms with Crippen molar-refractivity contribution in [2.75, 3.05) is 19.6 Å². The number of carbonyl (C=O) groups excluding carboxylic acids is 2. The lowest BCUT2D eigenvalue weighted by molar-refractivity contribution is -0.134. The highest BCUT2D eigenvalue weighted by Gasteiger charge is 2.29. The van der Waals surface area contributed by atoms with Crippen LogP contribution >= 0.6 is 0 Å². The molecule has 0 bridgehead atoms. The van der Waals surface area contributed by atoms with Crippen LogP contribution in [0.4, 0.5) is 0 Å². The third-order valence-electron chi connectivity index (χ3n) is 5.52. The Morgan fingerprint density at radius 3 is 2.19 bits per heavy atom. The molecule has 2 aromatic rings. The Hall–Kier alpha value is -3.92. The summed E-state index contributed by atoms with van der Waals surface area (Å²) in [4.78, 5) is 37.9. The highest BCUT2D eigenvalue weighted by Crippen LogP contribution is 2.23. The highest BCUT2D eigenvalue weighted by molar-refractivity contribution is 7.90. The minimum atomic E-state index is -4.14. The SMILES string of the molecule is CC(C)(C)CN1CC(C(=O)NS(=O)(=O)c2ccc(CCNC(=O)c3ccccc3)cc2)=CC=C1C(=O)O. The van der Waals surface area contributed by atoms with Crippen molar-refractivity contribution in [3.8, 4) is 0 Å². The van der Waals surface area contributed by atoms with E-state index in [-0.39, 0.29) is 34.0 Å². The van der Waals surface area contributed by atoms with Crippen molar-refractivity contribution in [1.29, 1.82) is 0 Å². The number of carboxylic acid groups (broad SMARTS) is 1. The first-order valence-electron chi connectivity index (χ1n) is 11.7. The summed E-state index contributed by atoms with van der Waals surface area (Å²) < 4.78 is 27.7. The number of carboxylic acids is 1. The molecule has 0 spiro atoms. The first-order valence-corrected chi connectivity index (χ1v) is 13.2. The van der Waals surface area contributed by atoms with Crippen LogP contribution in [0.2, 0.25) is 0 Å². The fourth-order valence-corrected chi connectivity index (χ4v) is 4.78. The Kier molecular flexibility index (Phi) is 8.54. The second kappa shape index (κ2) is 11.4. The van der Waals surface area contributed by atoms with Gasteiger partial charge >= 0.3 is 5.97 Å². The summed E-state index contributed by atoms with van der Waals surface area (Å²) in [7, 11) is -4.14. The number of hydrogen-bond acceptors (Lipinski definition) is 6. The van der Waals surface area contributed by atoms with Crippen LogP contribution in [0.1, 0.15) is 36.7 Å². The lowest BCUT2D eigenvalue weighted by Gasteiger charge is -2.34. The van der Waals surface area contributed by atoms with Gasteiger partial charge in [-0.2, -0.15) is 0 Å². The van der Waals surface area contributed by atoms with Crippen LogP contribution in [0.25, 0.3) is 0 Å². The van der Waals surface area contributed by atoms with E-state index in [1.165, 1.54) is 24.3 Å². The van der Waals surface area contributed by atoms with Gasteiger partial charge in [0.15, 0.2) is 0 Å². The van der Waals surface area contributed by atoms with E-state index in [4.69, 9.17) is 0 Å². The van der Waals surface area contributed by atoms with Gasteiger partial charge in [-0.05, 0) is 53.8 Å². The monoisotopic (exact) mass is 525 g/mol. The van der Waals surface area contributed by atoms with E-state index >= 15 is 0 Å². The molecular weight excluding hydrogens is 494 g/mol. The van der Waals surface area contributed by atoms with Crippen molar-refractivity contribution < 1.29 is 27.9 Å². The van der Waals surface area contributed by atoms with Crippen LogP contribution in [0.15, 0.2) is 82.9 Å². The number of benzene rings is 2. The second-order valence-electron chi connectivity index (χ2n) is 9.92. The largest absolute Gasteiger partial charge is 0.477 e. The molecule has 0 aliphatic carbocycles. The number of nitrogens with one attached hydrogen (secondary N) is 2. The second-order valence-corrected chi connectivity index (χ2v) is 11.6. The molecule has 10 heteroatoms. The maximum atomic E-state index is 12.8. The van der Waals surface area contributed by atoms with Gasteiger partial charge < -0.3 is 15.3 Å². The van der Waals surface area contributed by atoms with Gasteiger partial charge in [0.1, 0.15) is 5.70 Å². The van der Waals surface area contributed by atoms with Gasteiger partial charge in [0, 0.05) is 30.8 Å². The summed E-state index contributed by atoms with van der Waals surface area (Å²) in [5, 5.41) is 12.3. The lowest BCUT2D eigenvalue weighted by atomic mass is 9.94. The predicted molar refractivity (Wildman–Crippen MR) is 139 cm³/mol. The summed E-state index contributed by atoms with van der Waals surface area (Å²) in [6.07, 6.45) is 3.14. The normalized spacial score (nSPS) is 13.9. The number of hydrogen-bond donors (Lipinski definition) is 3. The first kappa shape index (κ1) is 27.7. The average molecular weight is 526 g/mol. The molecule has 0 radical (unpaired) electrons. The van der Waals surface area contributed by atoms with Crippen molar-refractivity contribution in [3.05, 3.63) is 89.1 Å². The zero-order chi connectivity index (χ0) is 27.2. The summed E-state index contributed by atoms with van der Waals surface area (Å²) in [5.74, 6) is -2.12. The summed E-state index contributed by atoms with van der Waals surface area (Å²) in [6.45, 7) is 6.55. The van der Waals surface area contributed by atoms with Crippen LogP contribution in [-0.2, 0) is 26.0 Å². The number of aliphatic carboxylic acids is 1. The Labute approximate surface area is 216 Å². The zero-order valence-corrected chi connectivity index (χ0v) is 21.8. The fraction of sp³-hybridized carbons (Fsp3) is 0.296. The van der Waals surface area contributed by atoms with Gasteiger partial charge in [-0.1, -0.05) is 51.1 Å². The number of sulfonamides is 1. The molecule has 2 aromatic carbocycles. The molecule has 0 saturated carbocycles. The van der Waals surface area contributed by atoms with Gasteiger partial charge in [-0.15, -0.1) is 0 Å². The van der Waals surface area contributed by atoms with Crippen molar-refractivity contribution in [1.82, 2.24) is 14.9 Å². The Balaban J connectivity index is 1.61. The molecule has 0 fully saturated rings. The third kappa shape index (κ3) is 7.78. The Bertz CT molecular complexity index is 1320. The van der Waals surface area contributed by atoms with Gasteiger partial charge in [0.2, 0.25) is 0 Å². The quantitative estimate of drug-likeness (QED) is 0.458. The van der Waals surface area contributed by atoms with E-state index < -0.39 is 21.9 Å². The van der Waals surface area contributed by atoms with Crippen LogP contribution in [0.3, 0.4) is 0 Å². The summed E-state index contributed by atoms with van der Waals surface area (Å²) >= 11 is 0. The van der Waals surface area contributed by atoms with Crippen molar-refractivity contribution in [3.63, 3.8) is 0 Å². The summed E-state index contributed by atoms with van der Waals surface area (Å²) in [5.41, 5.74) is 1.32. The molecule has 3 rings (SSSR count). The third-order valence-corrected chi connectivity index (χ3v) is 6.86. The standard InChI is InChI=1S/C27H31N3O6S/c1-27(2,3)18-30-17-21(11-14-23(30)26(33)34)25(32)29-37(35,36)22-12-9-19(10-13-22)15-16-28-24(31)20-7-5-4-6-8-20/h4-14H,15-18H2,1-3H3,(H,28,31)(H,29,32)(H,33,34). The topological polar surface area (TPSA) is 133 Å². The minimum Gasteiger partial charge on any atom is -0.477 e. The average Bonchev–Trinajstić information content (AvgIpc) is 2.83. The molecule has 37 heavy (non-hydrogen) atoms. The molecule has 196 valence electrons. The first-order chi connectivity index (χ1) is 17.4. The molecule has 2 amide bonds. The van der Waals surface area contributed by atoms with E-state index in [2.05, 4.69) is 10.0 Å². The molecule has 9 nitrogen and oxygen atoms in total. The van der Waals surface area contributed by atoms with Gasteiger partial charge in [-0.25, -0.2) is 17.9 Å². The highest BCUT2D eigenvalue weighted by atomic mass is 32.2. The van der Waals surface area contributed by atoms with E-state index in [1.54, 1.807) is 41.3 Å². The van der Waals surface area contributed by atoms with Gasteiger partial charge in [0.25, 0.3) is 21.8 Å². The van der Waals surface area contributed by atoms with Crippen molar-refractivity contribution in [2.45, 2.75) is 32.1 Å². The van der Waals surface area contributed by atoms with E-state index in [0.717, 1.165) is 5.56 Å². The van der Waals surface area contributed by atoms with Gasteiger partial charge in [-0.3, -0.25) is 9.59 Å². The molecule has 1 heterocycles. The number of carbonyl (C=O) groups is 3. The summed E-state index contributed by atoms with van der Waals surface area (Å²) in [6, 6.07) is 14.9. The van der Waals surface area contributed by atoms with Crippen LogP contribution in [-0.4, -0.2) is 55.8 Å². The predicted octanol–water partition coefficient (Wildman–Crippen LogP) is 2.72. The number of rotatable bonds is 9. The molecule has 0 unspecified atom stereocenters. The van der Waals surface area contributed by atoms with E-state index in [1.807, 2.05) is 26.8 Å². The molecule has 0 atom stereocenters. The Morgan fingerprint density at radius 2 is 1.59 bits per heavy atom. The Morgan fingerprint density at radius 1 is 0.946 bits per heavy atom. The number of nitrogens with zero attached hydrogens (tertiary/aromatic N) is 1. The smallest absolute Gasteiger partial charge is 0.352 e. The minimum absolute atomic E-state index is 0.0234. The molecule has 1 aliphatic heterocycles.